The molecule has 0 aliphatic heterocycles. The molecule has 1 fully saturated rings. The monoisotopic (exact) mass is 415 g/mol. The SMILES string of the molecule is O=C(NC1CCCC1)c1cc2c(=O)n3ccccc3[nH+]c2nc1NCc1cccnc1. The number of hydrogen-bond acceptors (Lipinski definition) is 5. The van der Waals surface area contributed by atoms with E-state index in [9.17, 15) is 9.59 Å². The van der Waals surface area contributed by atoms with Crippen LogP contribution in [0.25, 0.3) is 16.7 Å². The molecule has 4 heterocycles. The second-order valence-electron chi connectivity index (χ2n) is 7.84. The first kappa shape index (κ1) is 19.2. The highest BCUT2D eigenvalue weighted by atomic mass is 16.2. The molecule has 1 saturated carbocycles. The van der Waals surface area contributed by atoms with E-state index in [0.29, 0.717) is 34.6 Å². The number of anilines is 1. The lowest BCUT2D eigenvalue weighted by atomic mass is 10.1. The van der Waals surface area contributed by atoms with E-state index in [2.05, 4.69) is 25.6 Å². The summed E-state index contributed by atoms with van der Waals surface area (Å²) >= 11 is 0. The minimum Gasteiger partial charge on any atom is -0.352 e. The smallest absolute Gasteiger partial charge is 0.325 e. The van der Waals surface area contributed by atoms with E-state index in [4.69, 9.17) is 0 Å². The van der Waals surface area contributed by atoms with E-state index in [1.165, 1.54) is 4.40 Å². The Morgan fingerprint density at radius 2 is 2.06 bits per heavy atom. The Bertz CT molecular complexity index is 1310. The molecule has 8 nitrogen and oxygen atoms in total. The standard InChI is InChI=1S/C23H22N6O2/c30-22(26-16-7-1-2-8-16)17-12-18-21(27-19-9-3-4-11-29(19)23(18)31)28-20(17)25-14-15-6-5-10-24-13-15/h3-6,9-13,16H,1-2,7-8,14H2,(H,25,28)(H,26,30)/p+1. The number of aromatic nitrogens is 4. The van der Waals surface area contributed by atoms with Gasteiger partial charge in [-0.15, -0.1) is 0 Å². The first-order chi connectivity index (χ1) is 15.2. The fourth-order valence-corrected chi connectivity index (χ4v) is 4.07. The molecule has 0 aromatic carbocycles. The summed E-state index contributed by atoms with van der Waals surface area (Å²) in [5.74, 6) is 0.218. The topological polar surface area (TPSA) is 103 Å². The second-order valence-corrected chi connectivity index (χ2v) is 7.84. The molecule has 156 valence electrons. The first-order valence-electron chi connectivity index (χ1n) is 10.5. The van der Waals surface area contributed by atoms with Crippen molar-refractivity contribution in [1.29, 1.82) is 0 Å². The third kappa shape index (κ3) is 3.84. The van der Waals surface area contributed by atoms with Crippen LogP contribution in [0.3, 0.4) is 0 Å². The minimum atomic E-state index is -0.217. The molecule has 8 heteroatoms. The largest absolute Gasteiger partial charge is 0.352 e. The Balaban J connectivity index is 1.59. The van der Waals surface area contributed by atoms with Crippen molar-refractivity contribution in [1.82, 2.24) is 19.7 Å². The number of nitrogens with one attached hydrogen (secondary N) is 3. The lowest BCUT2D eigenvalue weighted by Gasteiger charge is -2.14. The zero-order valence-corrected chi connectivity index (χ0v) is 17.0. The predicted octanol–water partition coefficient (Wildman–Crippen LogP) is 2.34. The molecule has 0 spiro atoms. The number of H-pyrrole nitrogens is 1. The van der Waals surface area contributed by atoms with Gasteiger partial charge >= 0.3 is 5.56 Å². The molecule has 4 aromatic rings. The average Bonchev–Trinajstić information content (AvgIpc) is 3.31. The van der Waals surface area contributed by atoms with Crippen LogP contribution in [0, 0.1) is 0 Å². The summed E-state index contributed by atoms with van der Waals surface area (Å²) in [5, 5.41) is 6.73. The molecule has 0 atom stereocenters. The van der Waals surface area contributed by atoms with E-state index in [1.807, 2.05) is 24.3 Å². The molecule has 1 aliphatic carbocycles. The van der Waals surface area contributed by atoms with Crippen molar-refractivity contribution in [2.45, 2.75) is 38.3 Å². The van der Waals surface area contributed by atoms with Gasteiger partial charge in [-0.3, -0.25) is 9.78 Å². The molecular weight excluding hydrogens is 392 g/mol. The average molecular weight is 415 g/mol. The van der Waals surface area contributed by atoms with Gasteiger partial charge in [-0.1, -0.05) is 30.0 Å². The summed E-state index contributed by atoms with van der Waals surface area (Å²) in [6.45, 7) is 0.461. The van der Waals surface area contributed by atoms with Crippen LogP contribution in [0.15, 0.2) is 59.8 Å². The van der Waals surface area contributed by atoms with Gasteiger partial charge in [-0.05, 0) is 36.6 Å². The van der Waals surface area contributed by atoms with Gasteiger partial charge in [0.05, 0.1) is 6.20 Å². The second kappa shape index (κ2) is 8.14. The van der Waals surface area contributed by atoms with Crippen molar-refractivity contribution in [3.05, 3.63) is 76.5 Å². The molecular formula is C23H23N6O2+. The van der Waals surface area contributed by atoms with Crippen LogP contribution in [0.4, 0.5) is 5.82 Å². The fraction of sp³-hybridized carbons (Fsp3) is 0.261. The molecule has 1 amide bonds. The fourth-order valence-electron chi connectivity index (χ4n) is 4.07. The van der Waals surface area contributed by atoms with Gasteiger partial charge in [0, 0.05) is 31.0 Å². The summed E-state index contributed by atoms with van der Waals surface area (Å²) in [7, 11) is 0. The Hall–Kier alpha value is -3.81. The number of amides is 1. The summed E-state index contributed by atoms with van der Waals surface area (Å²) in [4.78, 5) is 38.1. The zero-order chi connectivity index (χ0) is 21.2. The van der Waals surface area contributed by atoms with Crippen molar-refractivity contribution in [3.63, 3.8) is 0 Å². The van der Waals surface area contributed by atoms with Crippen LogP contribution in [-0.4, -0.2) is 26.3 Å². The first-order valence-corrected chi connectivity index (χ1v) is 10.5. The third-order valence-electron chi connectivity index (χ3n) is 5.70. The molecule has 0 unspecified atom stereocenters. The van der Waals surface area contributed by atoms with E-state index in [1.54, 1.807) is 30.7 Å². The molecule has 3 N–H and O–H groups in total. The summed E-state index contributed by atoms with van der Waals surface area (Å²) in [6, 6.07) is 11.1. The zero-order valence-electron chi connectivity index (χ0n) is 17.0. The number of carbonyl (C=O) groups is 1. The van der Waals surface area contributed by atoms with Gasteiger partial charge in [0.2, 0.25) is 11.5 Å². The van der Waals surface area contributed by atoms with Gasteiger partial charge in [-0.25, -0.2) is 9.78 Å². The van der Waals surface area contributed by atoms with Gasteiger partial charge in [-0.2, -0.15) is 4.40 Å². The predicted molar refractivity (Wildman–Crippen MR) is 117 cm³/mol. The van der Waals surface area contributed by atoms with Gasteiger partial charge in [0.25, 0.3) is 11.6 Å². The van der Waals surface area contributed by atoms with E-state index >= 15 is 0 Å². The third-order valence-corrected chi connectivity index (χ3v) is 5.70. The molecule has 0 saturated heterocycles. The molecule has 0 bridgehead atoms. The Kier molecular flexibility index (Phi) is 5.03. The lowest BCUT2D eigenvalue weighted by Crippen LogP contribution is -2.34. The highest BCUT2D eigenvalue weighted by Gasteiger charge is 2.24. The van der Waals surface area contributed by atoms with Gasteiger partial charge in [0.15, 0.2) is 0 Å². The number of fused-ring (bicyclic) bond motifs is 2. The van der Waals surface area contributed by atoms with E-state index in [-0.39, 0.29) is 17.5 Å². The van der Waals surface area contributed by atoms with Crippen molar-refractivity contribution in [3.8, 4) is 0 Å². The molecule has 0 radical (unpaired) electrons. The minimum absolute atomic E-state index is 0.165. The normalized spacial score (nSPS) is 14.2. The number of rotatable bonds is 5. The van der Waals surface area contributed by atoms with Gasteiger partial charge in [0.1, 0.15) is 10.9 Å². The van der Waals surface area contributed by atoms with Crippen LogP contribution in [-0.2, 0) is 6.54 Å². The number of aromatic amines is 1. The number of carbonyl (C=O) groups excluding carboxylic acids is 1. The molecule has 1 aliphatic rings. The number of pyridine rings is 3. The van der Waals surface area contributed by atoms with Crippen LogP contribution >= 0.6 is 0 Å². The Morgan fingerprint density at radius 1 is 1.19 bits per heavy atom. The van der Waals surface area contributed by atoms with E-state index in [0.717, 1.165) is 31.2 Å². The van der Waals surface area contributed by atoms with Crippen molar-refractivity contribution < 1.29 is 9.78 Å². The van der Waals surface area contributed by atoms with Crippen LogP contribution in [0.2, 0.25) is 0 Å². The lowest BCUT2D eigenvalue weighted by molar-refractivity contribution is -0.319. The van der Waals surface area contributed by atoms with Crippen molar-refractivity contribution >= 4 is 28.4 Å². The Labute approximate surface area is 178 Å². The van der Waals surface area contributed by atoms with Gasteiger partial charge < -0.3 is 10.6 Å². The quantitative estimate of drug-likeness (QED) is 0.487. The summed E-state index contributed by atoms with van der Waals surface area (Å²) < 4.78 is 1.52. The highest BCUT2D eigenvalue weighted by molar-refractivity contribution is 6.01. The number of hydrogen-bond donors (Lipinski definition) is 2. The summed E-state index contributed by atoms with van der Waals surface area (Å²) in [6.07, 6.45) is 9.37. The maximum Gasteiger partial charge on any atom is 0.325 e. The van der Waals surface area contributed by atoms with Crippen LogP contribution in [0.1, 0.15) is 41.6 Å². The van der Waals surface area contributed by atoms with E-state index < -0.39 is 0 Å². The Morgan fingerprint density at radius 3 is 2.87 bits per heavy atom. The van der Waals surface area contributed by atoms with Crippen LogP contribution in [0.5, 0.6) is 0 Å². The number of nitrogens with zero attached hydrogens (tertiary/aromatic N) is 3. The molecule has 31 heavy (non-hydrogen) atoms. The van der Waals surface area contributed by atoms with Crippen molar-refractivity contribution in [2.24, 2.45) is 0 Å². The summed E-state index contributed by atoms with van der Waals surface area (Å²) in [5.41, 5.74) is 2.18. The molecule has 4 aromatic heterocycles. The van der Waals surface area contributed by atoms with Crippen molar-refractivity contribution in [2.75, 3.05) is 5.32 Å². The van der Waals surface area contributed by atoms with Crippen LogP contribution < -0.4 is 21.2 Å². The maximum atomic E-state index is 13.1. The highest BCUT2D eigenvalue weighted by Crippen LogP contribution is 2.21. The molecule has 5 rings (SSSR count). The maximum absolute atomic E-state index is 13.1.